The molecule has 1 saturated heterocycles. The first-order valence-corrected chi connectivity index (χ1v) is 8.69. The Morgan fingerprint density at radius 1 is 1.30 bits per heavy atom. The van der Waals surface area contributed by atoms with Crippen molar-refractivity contribution in [3.8, 4) is 0 Å². The van der Waals surface area contributed by atoms with Crippen LogP contribution in [0, 0.1) is 0 Å². The maximum absolute atomic E-state index is 13.2. The largest absolute Gasteiger partial charge is 0.480 e. The second-order valence-corrected chi connectivity index (χ2v) is 6.42. The standard InChI is InChI=1S/C18H21F3N2O4/c1-2-3-5-14(17(26)27)22-16(25)11-8-12(18(19,20)21)10-13(9-11)23-7-4-6-15(23)24/h8-10,14H,2-7H2,1H3,(H,22,25)(H,26,27)/t14-/m0/s1. The van der Waals surface area contributed by atoms with E-state index in [2.05, 4.69) is 5.32 Å². The van der Waals surface area contributed by atoms with E-state index >= 15 is 0 Å². The van der Waals surface area contributed by atoms with Gasteiger partial charge in [-0.15, -0.1) is 0 Å². The third-order valence-corrected chi connectivity index (χ3v) is 4.34. The Kier molecular flexibility index (Phi) is 6.45. The lowest BCUT2D eigenvalue weighted by molar-refractivity contribution is -0.139. The number of anilines is 1. The molecule has 1 aromatic rings. The predicted molar refractivity (Wildman–Crippen MR) is 91.4 cm³/mol. The lowest BCUT2D eigenvalue weighted by Crippen LogP contribution is -2.40. The van der Waals surface area contributed by atoms with Crippen molar-refractivity contribution in [3.05, 3.63) is 29.3 Å². The van der Waals surface area contributed by atoms with E-state index in [4.69, 9.17) is 0 Å². The van der Waals surface area contributed by atoms with Crippen LogP contribution in [0.25, 0.3) is 0 Å². The Bertz CT molecular complexity index is 734. The van der Waals surface area contributed by atoms with Crippen LogP contribution in [0.3, 0.4) is 0 Å². The fraction of sp³-hybridized carbons (Fsp3) is 0.500. The molecule has 1 atom stereocenters. The van der Waals surface area contributed by atoms with Gasteiger partial charge in [0.2, 0.25) is 5.91 Å². The summed E-state index contributed by atoms with van der Waals surface area (Å²) < 4.78 is 39.7. The maximum atomic E-state index is 13.2. The number of benzene rings is 1. The van der Waals surface area contributed by atoms with Crippen LogP contribution in [0.15, 0.2) is 18.2 Å². The number of carboxylic acid groups (broad SMARTS) is 1. The van der Waals surface area contributed by atoms with Gasteiger partial charge in [-0.1, -0.05) is 19.8 Å². The van der Waals surface area contributed by atoms with E-state index in [9.17, 15) is 32.7 Å². The van der Waals surface area contributed by atoms with Crippen molar-refractivity contribution in [1.29, 1.82) is 0 Å². The molecular formula is C18H21F3N2O4. The zero-order valence-corrected chi connectivity index (χ0v) is 14.8. The number of rotatable bonds is 7. The predicted octanol–water partition coefficient (Wildman–Crippen LogP) is 3.21. The third-order valence-electron chi connectivity index (χ3n) is 4.34. The Morgan fingerprint density at radius 2 is 2.00 bits per heavy atom. The van der Waals surface area contributed by atoms with Gasteiger partial charge in [0.25, 0.3) is 5.91 Å². The molecule has 1 heterocycles. The van der Waals surface area contributed by atoms with E-state index in [0.29, 0.717) is 25.3 Å². The fourth-order valence-electron chi connectivity index (χ4n) is 2.89. The van der Waals surface area contributed by atoms with Crippen LogP contribution in [0.5, 0.6) is 0 Å². The van der Waals surface area contributed by atoms with Crippen molar-refractivity contribution in [1.82, 2.24) is 5.32 Å². The van der Waals surface area contributed by atoms with Crippen LogP contribution >= 0.6 is 0 Å². The Labute approximate surface area is 154 Å². The number of carbonyl (C=O) groups is 3. The Balaban J connectivity index is 2.35. The molecule has 9 heteroatoms. The minimum atomic E-state index is -4.71. The summed E-state index contributed by atoms with van der Waals surface area (Å²) in [7, 11) is 0. The van der Waals surface area contributed by atoms with Crippen LogP contribution in [0.1, 0.15) is 54.9 Å². The molecule has 2 rings (SSSR count). The smallest absolute Gasteiger partial charge is 0.416 e. The fourth-order valence-corrected chi connectivity index (χ4v) is 2.89. The van der Waals surface area contributed by atoms with Crippen molar-refractivity contribution in [2.45, 2.75) is 51.2 Å². The van der Waals surface area contributed by atoms with Gasteiger partial charge in [-0.2, -0.15) is 13.2 Å². The lowest BCUT2D eigenvalue weighted by atomic mass is 10.1. The zero-order chi connectivity index (χ0) is 20.2. The van der Waals surface area contributed by atoms with E-state index in [1.54, 1.807) is 0 Å². The monoisotopic (exact) mass is 386 g/mol. The Hall–Kier alpha value is -2.58. The SMILES string of the molecule is CCCC[C@H](NC(=O)c1cc(N2CCCC2=O)cc(C(F)(F)F)c1)C(=O)O. The number of carbonyl (C=O) groups excluding carboxylic acids is 2. The van der Waals surface area contributed by atoms with Gasteiger partial charge >= 0.3 is 12.1 Å². The topological polar surface area (TPSA) is 86.7 Å². The van der Waals surface area contributed by atoms with Gasteiger partial charge in [-0.05, 0) is 31.0 Å². The average Bonchev–Trinajstić information content (AvgIpc) is 3.03. The number of alkyl halides is 3. The zero-order valence-electron chi connectivity index (χ0n) is 14.8. The molecule has 1 aromatic carbocycles. The van der Waals surface area contributed by atoms with E-state index in [0.717, 1.165) is 6.07 Å². The summed E-state index contributed by atoms with van der Waals surface area (Å²) in [4.78, 5) is 36.7. The highest BCUT2D eigenvalue weighted by molar-refractivity contribution is 6.00. The summed E-state index contributed by atoms with van der Waals surface area (Å²) in [6.45, 7) is 2.13. The van der Waals surface area contributed by atoms with Crippen LogP contribution in [-0.4, -0.2) is 35.5 Å². The molecule has 1 aliphatic rings. The normalized spacial score (nSPS) is 15.7. The molecule has 148 valence electrons. The number of hydrogen-bond donors (Lipinski definition) is 2. The highest BCUT2D eigenvalue weighted by Crippen LogP contribution is 2.34. The highest BCUT2D eigenvalue weighted by atomic mass is 19.4. The minimum Gasteiger partial charge on any atom is -0.480 e. The average molecular weight is 386 g/mol. The van der Waals surface area contributed by atoms with Gasteiger partial charge in [0, 0.05) is 24.2 Å². The summed E-state index contributed by atoms with van der Waals surface area (Å²) in [6, 6.07) is 1.49. The van der Waals surface area contributed by atoms with Gasteiger partial charge in [0.05, 0.1) is 5.56 Å². The molecule has 1 fully saturated rings. The quantitative estimate of drug-likeness (QED) is 0.753. The maximum Gasteiger partial charge on any atom is 0.416 e. The number of hydrogen-bond acceptors (Lipinski definition) is 3. The number of nitrogens with zero attached hydrogens (tertiary/aromatic N) is 1. The van der Waals surface area contributed by atoms with Crippen molar-refractivity contribution in [2.24, 2.45) is 0 Å². The van der Waals surface area contributed by atoms with E-state index in [1.165, 1.54) is 11.0 Å². The number of unbranched alkanes of at least 4 members (excludes halogenated alkanes) is 1. The second kappa shape index (κ2) is 8.41. The summed E-state index contributed by atoms with van der Waals surface area (Å²) in [6.07, 6.45) is -2.52. The molecule has 6 nitrogen and oxygen atoms in total. The molecule has 2 amide bonds. The van der Waals surface area contributed by atoms with Crippen LogP contribution in [0.2, 0.25) is 0 Å². The number of amides is 2. The molecule has 27 heavy (non-hydrogen) atoms. The van der Waals surface area contributed by atoms with Gasteiger partial charge < -0.3 is 15.3 Å². The van der Waals surface area contributed by atoms with Crippen molar-refractivity contribution in [3.63, 3.8) is 0 Å². The van der Waals surface area contributed by atoms with Crippen LogP contribution in [-0.2, 0) is 15.8 Å². The first-order chi connectivity index (χ1) is 12.6. The summed E-state index contributed by atoms with van der Waals surface area (Å²) in [5.74, 6) is -2.48. The van der Waals surface area contributed by atoms with E-state index in [1.807, 2.05) is 6.92 Å². The number of halogens is 3. The molecule has 0 aromatic heterocycles. The third kappa shape index (κ3) is 5.21. The molecule has 0 spiro atoms. The molecule has 2 N–H and O–H groups in total. The minimum absolute atomic E-state index is 0.0158. The molecule has 0 bridgehead atoms. The van der Waals surface area contributed by atoms with Gasteiger partial charge in [-0.3, -0.25) is 9.59 Å². The number of aliphatic carboxylic acids is 1. The molecular weight excluding hydrogens is 365 g/mol. The van der Waals surface area contributed by atoms with Crippen molar-refractivity contribution in [2.75, 3.05) is 11.4 Å². The number of nitrogens with one attached hydrogen (secondary N) is 1. The Morgan fingerprint density at radius 3 is 2.52 bits per heavy atom. The van der Waals surface area contributed by atoms with Gasteiger partial charge in [0.15, 0.2) is 0 Å². The van der Waals surface area contributed by atoms with Crippen molar-refractivity contribution < 1.29 is 32.7 Å². The van der Waals surface area contributed by atoms with Gasteiger partial charge in [-0.25, -0.2) is 4.79 Å². The first-order valence-electron chi connectivity index (χ1n) is 8.69. The molecule has 0 unspecified atom stereocenters. The number of carboxylic acids is 1. The molecule has 0 radical (unpaired) electrons. The molecule has 1 aliphatic heterocycles. The summed E-state index contributed by atoms with van der Waals surface area (Å²) in [5, 5.41) is 11.5. The first kappa shape index (κ1) is 20.7. The van der Waals surface area contributed by atoms with E-state index in [-0.39, 0.29) is 36.5 Å². The van der Waals surface area contributed by atoms with Crippen molar-refractivity contribution >= 4 is 23.5 Å². The van der Waals surface area contributed by atoms with E-state index < -0.39 is 29.7 Å². The molecule has 0 aliphatic carbocycles. The van der Waals surface area contributed by atoms with Crippen LogP contribution in [0.4, 0.5) is 18.9 Å². The van der Waals surface area contributed by atoms with Crippen LogP contribution < -0.4 is 10.2 Å². The molecule has 0 saturated carbocycles. The highest BCUT2D eigenvalue weighted by Gasteiger charge is 2.34. The van der Waals surface area contributed by atoms with Gasteiger partial charge in [0.1, 0.15) is 6.04 Å². The second-order valence-electron chi connectivity index (χ2n) is 6.42. The summed E-state index contributed by atoms with van der Waals surface area (Å²) >= 11 is 0. The summed E-state index contributed by atoms with van der Waals surface area (Å²) in [5.41, 5.74) is -1.41. The lowest BCUT2D eigenvalue weighted by Gasteiger charge is -2.20.